The van der Waals surface area contributed by atoms with Crippen LogP contribution in [0.2, 0.25) is 5.02 Å². The van der Waals surface area contributed by atoms with Crippen LogP contribution in [0.25, 0.3) is 0 Å². The number of hydrogen-bond donors (Lipinski definition) is 1. The summed E-state index contributed by atoms with van der Waals surface area (Å²) in [5.41, 5.74) is 0.987. The standard InChI is InChI=1S/C12H11ClN2O3/c1-18-11-3-2-10(13)4-8(11)6-15-7-9(5-14-15)12(16)17/h2-5,7H,6H2,1H3,(H,16,17). The highest BCUT2D eigenvalue weighted by Crippen LogP contribution is 2.23. The molecule has 0 bridgehead atoms. The topological polar surface area (TPSA) is 64.3 Å². The predicted molar refractivity (Wildman–Crippen MR) is 66.3 cm³/mol. The molecule has 0 aliphatic carbocycles. The second-order valence-electron chi connectivity index (χ2n) is 3.69. The van der Waals surface area contributed by atoms with Crippen LogP contribution in [-0.4, -0.2) is 28.0 Å². The van der Waals surface area contributed by atoms with Crippen LogP contribution < -0.4 is 4.74 Å². The average Bonchev–Trinajstić information content (AvgIpc) is 2.78. The number of aromatic nitrogens is 2. The van der Waals surface area contributed by atoms with Crippen molar-refractivity contribution in [2.75, 3.05) is 7.11 Å². The smallest absolute Gasteiger partial charge is 0.338 e. The molecule has 2 rings (SSSR count). The van der Waals surface area contributed by atoms with Crippen LogP contribution in [0.4, 0.5) is 0 Å². The van der Waals surface area contributed by atoms with E-state index in [9.17, 15) is 4.79 Å². The molecule has 0 aliphatic rings. The molecule has 0 amide bonds. The number of halogens is 1. The number of ether oxygens (including phenoxy) is 1. The first-order valence-electron chi connectivity index (χ1n) is 5.18. The maximum Gasteiger partial charge on any atom is 0.338 e. The highest BCUT2D eigenvalue weighted by Gasteiger charge is 2.09. The van der Waals surface area contributed by atoms with Gasteiger partial charge in [-0.1, -0.05) is 11.6 Å². The zero-order chi connectivity index (χ0) is 13.1. The molecule has 5 nitrogen and oxygen atoms in total. The zero-order valence-corrected chi connectivity index (χ0v) is 10.4. The van der Waals surface area contributed by atoms with Gasteiger partial charge in [0.1, 0.15) is 5.75 Å². The van der Waals surface area contributed by atoms with Crippen molar-refractivity contribution in [3.8, 4) is 5.75 Å². The van der Waals surface area contributed by atoms with E-state index < -0.39 is 5.97 Å². The van der Waals surface area contributed by atoms with Crippen molar-refractivity contribution in [3.63, 3.8) is 0 Å². The molecule has 0 saturated heterocycles. The van der Waals surface area contributed by atoms with Gasteiger partial charge in [-0.2, -0.15) is 5.10 Å². The van der Waals surface area contributed by atoms with E-state index in [4.69, 9.17) is 21.4 Å². The van der Waals surface area contributed by atoms with Crippen molar-refractivity contribution in [2.45, 2.75) is 6.54 Å². The minimum absolute atomic E-state index is 0.149. The highest BCUT2D eigenvalue weighted by atomic mass is 35.5. The molecule has 18 heavy (non-hydrogen) atoms. The van der Waals surface area contributed by atoms with E-state index in [0.29, 0.717) is 17.3 Å². The molecular weight excluding hydrogens is 256 g/mol. The van der Waals surface area contributed by atoms with Crippen LogP contribution in [0.3, 0.4) is 0 Å². The van der Waals surface area contributed by atoms with Crippen molar-refractivity contribution in [3.05, 3.63) is 46.7 Å². The summed E-state index contributed by atoms with van der Waals surface area (Å²) in [5.74, 6) is -0.314. The minimum Gasteiger partial charge on any atom is -0.496 e. The summed E-state index contributed by atoms with van der Waals surface area (Å²) in [5, 5.41) is 13.4. The predicted octanol–water partition coefficient (Wildman–Crippen LogP) is 2.29. The molecule has 94 valence electrons. The van der Waals surface area contributed by atoms with Crippen molar-refractivity contribution < 1.29 is 14.6 Å². The van der Waals surface area contributed by atoms with Crippen molar-refractivity contribution in [2.24, 2.45) is 0 Å². The summed E-state index contributed by atoms with van der Waals surface area (Å²) >= 11 is 5.92. The minimum atomic E-state index is -1.00. The molecule has 0 aliphatic heterocycles. The summed E-state index contributed by atoms with van der Waals surface area (Å²) in [4.78, 5) is 10.7. The maximum atomic E-state index is 10.7. The van der Waals surface area contributed by atoms with Gasteiger partial charge in [0.25, 0.3) is 0 Å². The zero-order valence-electron chi connectivity index (χ0n) is 9.63. The molecular formula is C12H11ClN2O3. The van der Waals surface area contributed by atoms with Gasteiger partial charge in [0.2, 0.25) is 0 Å². The SMILES string of the molecule is COc1ccc(Cl)cc1Cn1cc(C(=O)O)cn1. The number of hydrogen-bond acceptors (Lipinski definition) is 3. The molecule has 0 radical (unpaired) electrons. The van der Waals surface area contributed by atoms with Crippen molar-refractivity contribution in [1.29, 1.82) is 0 Å². The second kappa shape index (κ2) is 5.10. The third-order valence-corrected chi connectivity index (χ3v) is 2.69. The molecule has 0 spiro atoms. The van der Waals surface area contributed by atoms with Gasteiger partial charge < -0.3 is 9.84 Å². The van der Waals surface area contributed by atoms with Gasteiger partial charge in [0.05, 0.1) is 25.4 Å². The molecule has 0 unspecified atom stereocenters. The summed E-state index contributed by atoms with van der Waals surface area (Å²) < 4.78 is 6.74. The van der Waals surface area contributed by atoms with E-state index in [2.05, 4.69) is 5.10 Å². The van der Waals surface area contributed by atoms with Crippen LogP contribution in [0.15, 0.2) is 30.6 Å². The monoisotopic (exact) mass is 266 g/mol. The van der Waals surface area contributed by atoms with E-state index in [1.165, 1.54) is 17.1 Å². The third-order valence-electron chi connectivity index (χ3n) is 2.45. The first-order valence-corrected chi connectivity index (χ1v) is 5.56. The Morgan fingerprint density at radius 1 is 1.56 bits per heavy atom. The molecule has 0 fully saturated rings. The highest BCUT2D eigenvalue weighted by molar-refractivity contribution is 6.30. The number of benzene rings is 1. The summed E-state index contributed by atoms with van der Waals surface area (Å²) in [6, 6.07) is 5.26. The lowest BCUT2D eigenvalue weighted by atomic mass is 10.2. The Balaban J connectivity index is 2.27. The average molecular weight is 267 g/mol. The Kier molecular flexibility index (Phi) is 3.53. The number of carbonyl (C=O) groups is 1. The number of carboxylic acids is 1. The van der Waals surface area contributed by atoms with Gasteiger partial charge in [0, 0.05) is 16.8 Å². The van der Waals surface area contributed by atoms with E-state index in [1.54, 1.807) is 25.3 Å². The van der Waals surface area contributed by atoms with E-state index in [1.807, 2.05) is 0 Å². The Morgan fingerprint density at radius 3 is 2.94 bits per heavy atom. The van der Waals surface area contributed by atoms with Crippen molar-refractivity contribution >= 4 is 17.6 Å². The molecule has 0 saturated carbocycles. The quantitative estimate of drug-likeness (QED) is 0.922. The van der Waals surface area contributed by atoms with E-state index >= 15 is 0 Å². The van der Waals surface area contributed by atoms with Gasteiger partial charge in [-0.25, -0.2) is 4.79 Å². The van der Waals surface area contributed by atoms with Crippen LogP contribution in [-0.2, 0) is 6.54 Å². The molecule has 1 aromatic carbocycles. The molecule has 1 N–H and O–H groups in total. The van der Waals surface area contributed by atoms with Gasteiger partial charge in [0.15, 0.2) is 0 Å². The summed E-state index contributed by atoms with van der Waals surface area (Å²) in [7, 11) is 1.57. The fourth-order valence-corrected chi connectivity index (χ4v) is 1.80. The maximum absolute atomic E-state index is 10.7. The number of rotatable bonds is 4. The number of nitrogens with zero attached hydrogens (tertiary/aromatic N) is 2. The van der Waals surface area contributed by atoms with Crippen LogP contribution in [0, 0.1) is 0 Å². The lowest BCUT2D eigenvalue weighted by Crippen LogP contribution is -2.02. The first kappa shape index (κ1) is 12.4. The van der Waals surface area contributed by atoms with E-state index in [-0.39, 0.29) is 5.56 Å². The normalized spacial score (nSPS) is 10.3. The number of methoxy groups -OCH3 is 1. The molecule has 6 heteroatoms. The van der Waals surface area contributed by atoms with Crippen LogP contribution in [0.1, 0.15) is 15.9 Å². The molecule has 2 aromatic rings. The Hall–Kier alpha value is -2.01. The Morgan fingerprint density at radius 2 is 2.33 bits per heavy atom. The molecule has 1 heterocycles. The second-order valence-corrected chi connectivity index (χ2v) is 4.12. The third kappa shape index (κ3) is 2.62. The van der Waals surface area contributed by atoms with Crippen LogP contribution >= 0.6 is 11.6 Å². The fraction of sp³-hybridized carbons (Fsp3) is 0.167. The first-order chi connectivity index (χ1) is 8.60. The summed E-state index contributed by atoms with van der Waals surface area (Å²) in [6.07, 6.45) is 2.77. The molecule has 0 atom stereocenters. The van der Waals surface area contributed by atoms with Gasteiger partial charge in [-0.15, -0.1) is 0 Å². The number of aromatic carboxylic acids is 1. The van der Waals surface area contributed by atoms with Gasteiger partial charge in [-0.3, -0.25) is 4.68 Å². The van der Waals surface area contributed by atoms with Gasteiger partial charge >= 0.3 is 5.97 Å². The lowest BCUT2D eigenvalue weighted by molar-refractivity contribution is 0.0697. The van der Waals surface area contributed by atoms with Crippen LogP contribution in [0.5, 0.6) is 5.75 Å². The van der Waals surface area contributed by atoms with Gasteiger partial charge in [-0.05, 0) is 18.2 Å². The largest absolute Gasteiger partial charge is 0.496 e. The Bertz CT molecular complexity index is 580. The molecule has 1 aromatic heterocycles. The van der Waals surface area contributed by atoms with E-state index in [0.717, 1.165) is 5.56 Å². The Labute approximate surface area is 109 Å². The lowest BCUT2D eigenvalue weighted by Gasteiger charge is -2.08. The summed E-state index contributed by atoms with van der Waals surface area (Å²) in [6.45, 7) is 0.400. The van der Waals surface area contributed by atoms with Crippen molar-refractivity contribution in [1.82, 2.24) is 9.78 Å². The number of carboxylic acid groups (broad SMARTS) is 1. The fourth-order valence-electron chi connectivity index (χ4n) is 1.61.